The quantitative estimate of drug-likeness (QED) is 0.477. The summed E-state index contributed by atoms with van der Waals surface area (Å²) in [6.45, 7) is 0.498. The molecule has 2 aromatic rings. The maximum absolute atomic E-state index is 12.6. The highest BCUT2D eigenvalue weighted by Gasteiger charge is 2.48. The third-order valence-electron chi connectivity index (χ3n) is 7.04. The van der Waals surface area contributed by atoms with E-state index in [4.69, 9.17) is 23.7 Å². The van der Waals surface area contributed by atoms with Gasteiger partial charge in [0.15, 0.2) is 11.5 Å². The number of ether oxygens (including phenoxy) is 5. The molecule has 34 heavy (non-hydrogen) atoms. The molecule has 0 spiro atoms. The molecule has 0 N–H and O–H groups in total. The number of benzene rings is 2. The van der Waals surface area contributed by atoms with Crippen molar-refractivity contribution >= 4 is 11.9 Å². The fraction of sp³-hybridized carbons (Fsp3) is 0.481. The van der Waals surface area contributed by atoms with E-state index >= 15 is 0 Å². The summed E-state index contributed by atoms with van der Waals surface area (Å²) in [5, 5.41) is 0. The monoisotopic (exact) mass is 466 g/mol. The number of cyclic esters (lactones) is 1. The lowest BCUT2D eigenvalue weighted by Gasteiger charge is -2.22. The van der Waals surface area contributed by atoms with Gasteiger partial charge < -0.3 is 23.7 Å². The van der Waals surface area contributed by atoms with Crippen LogP contribution in [0.25, 0.3) is 11.1 Å². The molecule has 0 aromatic heterocycles. The van der Waals surface area contributed by atoms with Gasteiger partial charge in [0.1, 0.15) is 18.8 Å². The Morgan fingerprint density at radius 2 is 1.79 bits per heavy atom. The van der Waals surface area contributed by atoms with Crippen LogP contribution in [0.4, 0.5) is 0 Å². The third kappa shape index (κ3) is 4.43. The van der Waals surface area contributed by atoms with Crippen LogP contribution >= 0.6 is 0 Å². The van der Waals surface area contributed by atoms with Gasteiger partial charge in [0, 0.05) is 17.5 Å². The van der Waals surface area contributed by atoms with Crippen molar-refractivity contribution in [1.82, 2.24) is 0 Å². The van der Waals surface area contributed by atoms with Gasteiger partial charge in [0.25, 0.3) is 0 Å². The first kappa shape index (κ1) is 22.6. The average Bonchev–Trinajstić information content (AvgIpc) is 3.22. The molecule has 3 aliphatic rings. The summed E-state index contributed by atoms with van der Waals surface area (Å²) < 4.78 is 28.5. The highest BCUT2D eigenvalue weighted by molar-refractivity contribution is 5.94. The normalized spacial score (nSPS) is 18.2. The number of methoxy groups -OCH3 is 2. The van der Waals surface area contributed by atoms with Gasteiger partial charge >= 0.3 is 11.9 Å². The van der Waals surface area contributed by atoms with E-state index < -0.39 is 5.60 Å². The van der Waals surface area contributed by atoms with Crippen LogP contribution in [0, 0.1) is 5.92 Å². The van der Waals surface area contributed by atoms with E-state index in [9.17, 15) is 9.59 Å². The van der Waals surface area contributed by atoms with Gasteiger partial charge in [-0.25, -0.2) is 4.79 Å². The average molecular weight is 467 g/mol. The predicted octanol–water partition coefficient (Wildman–Crippen LogP) is 5.08. The topological polar surface area (TPSA) is 80.3 Å². The summed E-state index contributed by atoms with van der Waals surface area (Å²) >= 11 is 0. The number of fused-ring (bicyclic) bond motifs is 1. The zero-order chi connectivity index (χ0) is 23.7. The molecule has 1 aliphatic heterocycles. The fourth-order valence-corrected chi connectivity index (χ4v) is 4.92. The van der Waals surface area contributed by atoms with E-state index in [0.717, 1.165) is 42.4 Å². The van der Waals surface area contributed by atoms with Crippen molar-refractivity contribution < 1.29 is 33.3 Å². The van der Waals surface area contributed by atoms with Crippen LogP contribution in [0.5, 0.6) is 17.2 Å². The van der Waals surface area contributed by atoms with Crippen LogP contribution in [0.3, 0.4) is 0 Å². The van der Waals surface area contributed by atoms with E-state index in [1.54, 1.807) is 20.3 Å². The molecule has 0 atom stereocenters. The zero-order valence-electron chi connectivity index (χ0n) is 19.7. The van der Waals surface area contributed by atoms with Crippen LogP contribution in [-0.2, 0) is 20.9 Å². The summed E-state index contributed by atoms with van der Waals surface area (Å²) in [4.78, 5) is 24.4. The summed E-state index contributed by atoms with van der Waals surface area (Å²) in [6.07, 6.45) is 6.68. The number of carbonyl (C=O) groups excluding carboxylic acids is 2. The van der Waals surface area contributed by atoms with Crippen LogP contribution in [0.1, 0.15) is 60.9 Å². The Hall–Kier alpha value is -3.22. The number of esters is 2. The Morgan fingerprint density at radius 3 is 2.50 bits per heavy atom. The van der Waals surface area contributed by atoms with Crippen molar-refractivity contribution in [3.05, 3.63) is 41.5 Å². The van der Waals surface area contributed by atoms with E-state index in [1.807, 2.05) is 24.3 Å². The van der Waals surface area contributed by atoms with E-state index in [2.05, 4.69) is 0 Å². The molecule has 2 saturated carbocycles. The minimum Gasteiger partial charge on any atom is -0.493 e. The second-order valence-corrected chi connectivity index (χ2v) is 9.43. The van der Waals surface area contributed by atoms with Crippen LogP contribution < -0.4 is 14.2 Å². The lowest BCUT2D eigenvalue weighted by Crippen LogP contribution is -2.28. The van der Waals surface area contributed by atoms with Gasteiger partial charge in [-0.2, -0.15) is 0 Å². The van der Waals surface area contributed by atoms with Crippen LogP contribution in [0.15, 0.2) is 30.3 Å². The van der Waals surface area contributed by atoms with Crippen LogP contribution in [-0.4, -0.2) is 38.4 Å². The molecule has 7 nitrogen and oxygen atoms in total. The number of rotatable bonds is 9. The lowest BCUT2D eigenvalue weighted by atomic mass is 9.99. The summed E-state index contributed by atoms with van der Waals surface area (Å²) in [5.74, 6) is 1.55. The van der Waals surface area contributed by atoms with Crippen molar-refractivity contribution in [2.75, 3.05) is 20.8 Å². The molecule has 2 aromatic carbocycles. The smallest absolute Gasteiger partial charge is 0.338 e. The highest BCUT2D eigenvalue weighted by atomic mass is 16.6. The molecule has 1 heterocycles. The highest BCUT2D eigenvalue weighted by Crippen LogP contribution is 2.47. The van der Waals surface area contributed by atoms with Crippen molar-refractivity contribution in [1.29, 1.82) is 0 Å². The first-order chi connectivity index (χ1) is 16.5. The Morgan fingerprint density at radius 1 is 1.03 bits per heavy atom. The Kier molecular flexibility index (Phi) is 6.11. The molecular formula is C27H30O7. The third-order valence-corrected chi connectivity index (χ3v) is 7.04. The molecule has 5 rings (SSSR count). The zero-order valence-corrected chi connectivity index (χ0v) is 19.7. The van der Waals surface area contributed by atoms with Gasteiger partial charge in [-0.05, 0) is 61.4 Å². The number of hydrogen-bond acceptors (Lipinski definition) is 7. The Labute approximate surface area is 199 Å². The molecule has 0 radical (unpaired) electrons. The molecule has 180 valence electrons. The molecule has 0 saturated heterocycles. The maximum Gasteiger partial charge on any atom is 0.338 e. The van der Waals surface area contributed by atoms with Gasteiger partial charge in [0.05, 0.1) is 19.8 Å². The Bertz CT molecular complexity index is 1100. The van der Waals surface area contributed by atoms with Gasteiger partial charge in [-0.3, -0.25) is 4.79 Å². The minimum atomic E-state index is -0.584. The molecule has 2 aliphatic carbocycles. The van der Waals surface area contributed by atoms with Crippen molar-refractivity contribution in [2.45, 2.75) is 57.2 Å². The lowest BCUT2D eigenvalue weighted by molar-refractivity contribution is -0.154. The number of hydrogen-bond donors (Lipinski definition) is 0. The molecule has 7 heteroatoms. The molecule has 2 fully saturated rings. The first-order valence-corrected chi connectivity index (χ1v) is 11.9. The van der Waals surface area contributed by atoms with Crippen molar-refractivity contribution in [2.24, 2.45) is 5.92 Å². The van der Waals surface area contributed by atoms with Gasteiger partial charge in [0.2, 0.25) is 5.75 Å². The van der Waals surface area contributed by atoms with E-state index in [0.29, 0.717) is 35.2 Å². The summed E-state index contributed by atoms with van der Waals surface area (Å²) in [6, 6.07) is 9.30. The second kappa shape index (κ2) is 9.20. The number of carbonyl (C=O) groups is 2. The van der Waals surface area contributed by atoms with Crippen molar-refractivity contribution in [3.8, 4) is 28.4 Å². The minimum absolute atomic E-state index is 0.130. The van der Waals surface area contributed by atoms with Crippen molar-refractivity contribution in [3.63, 3.8) is 0 Å². The largest absolute Gasteiger partial charge is 0.493 e. The van der Waals surface area contributed by atoms with Gasteiger partial charge in [-0.15, -0.1) is 0 Å². The van der Waals surface area contributed by atoms with Gasteiger partial charge in [-0.1, -0.05) is 18.9 Å². The predicted molar refractivity (Wildman–Crippen MR) is 124 cm³/mol. The molecule has 0 bridgehead atoms. The summed E-state index contributed by atoms with van der Waals surface area (Å²) in [7, 11) is 3.14. The molecular weight excluding hydrogens is 436 g/mol. The SMILES string of the molecule is COc1ccc(-c2ccc3c(c2)COC3=O)c(OCC2(OC(=O)CC3CCCC3)CC2)c1OC. The fourth-order valence-electron chi connectivity index (χ4n) is 4.92. The molecule has 0 amide bonds. The second-order valence-electron chi connectivity index (χ2n) is 9.43. The summed E-state index contributed by atoms with van der Waals surface area (Å²) in [5.41, 5.74) is 2.50. The maximum atomic E-state index is 12.6. The first-order valence-electron chi connectivity index (χ1n) is 11.9. The van der Waals surface area contributed by atoms with E-state index in [-0.39, 0.29) is 25.2 Å². The van der Waals surface area contributed by atoms with Crippen LogP contribution in [0.2, 0.25) is 0 Å². The Balaban J connectivity index is 1.38. The van der Waals surface area contributed by atoms with E-state index in [1.165, 1.54) is 12.8 Å². The molecule has 0 unspecified atom stereocenters. The standard InChI is InChI=1S/C27H30O7/c1-30-22-10-9-20(18-7-8-21-19(14-18)15-32-26(21)29)24(25(22)31-2)33-16-27(11-12-27)34-23(28)13-17-5-3-4-6-17/h7-10,14,17H,3-6,11-13,15-16H2,1-2H3.